The number of ether oxygens (including phenoxy) is 4. The fraction of sp³-hybridized carbons (Fsp3) is 0.571. The molecular formula is C14H17N3O6. The van der Waals surface area contributed by atoms with Crippen molar-refractivity contribution in [3.8, 4) is 5.75 Å². The predicted molar refractivity (Wildman–Crippen MR) is 76.4 cm³/mol. The fourth-order valence-corrected chi connectivity index (χ4v) is 2.71. The summed E-state index contributed by atoms with van der Waals surface area (Å²) in [6, 6.07) is 6.00. The van der Waals surface area contributed by atoms with Gasteiger partial charge in [-0.3, -0.25) is 0 Å². The van der Waals surface area contributed by atoms with Crippen LogP contribution in [0.15, 0.2) is 29.4 Å². The van der Waals surface area contributed by atoms with Gasteiger partial charge in [0.25, 0.3) is 0 Å². The monoisotopic (exact) mass is 323 g/mol. The Balaban J connectivity index is 1.76. The molecule has 1 aromatic rings. The summed E-state index contributed by atoms with van der Waals surface area (Å²) < 4.78 is 21.7. The molecule has 0 aliphatic carbocycles. The van der Waals surface area contributed by atoms with Crippen LogP contribution in [0.5, 0.6) is 5.75 Å². The zero-order chi connectivity index (χ0) is 16.4. The normalized spacial score (nSPS) is 36.7. The van der Waals surface area contributed by atoms with Crippen LogP contribution in [0, 0.1) is 0 Å². The molecule has 3 rings (SSSR count). The molecule has 1 unspecified atom stereocenters. The number of nitrogens with zero attached hydrogens (tertiary/aromatic N) is 3. The first kappa shape index (κ1) is 16.0. The van der Waals surface area contributed by atoms with E-state index in [1.54, 1.807) is 31.4 Å². The topological polar surface area (TPSA) is 126 Å². The molecule has 23 heavy (non-hydrogen) atoms. The van der Waals surface area contributed by atoms with E-state index in [-0.39, 0.29) is 6.61 Å². The molecule has 6 atom stereocenters. The summed E-state index contributed by atoms with van der Waals surface area (Å²) in [4.78, 5) is 2.62. The van der Waals surface area contributed by atoms with Gasteiger partial charge in [-0.2, -0.15) is 0 Å². The minimum atomic E-state index is -1.40. The predicted octanol–water partition coefficient (Wildman–Crippen LogP) is 0.866. The number of hydrogen-bond acceptors (Lipinski definition) is 7. The van der Waals surface area contributed by atoms with Crippen LogP contribution in [0.1, 0.15) is 11.9 Å². The van der Waals surface area contributed by atoms with Crippen LogP contribution in [-0.2, 0) is 14.2 Å². The molecule has 0 saturated carbocycles. The van der Waals surface area contributed by atoms with Crippen molar-refractivity contribution < 1.29 is 29.2 Å². The Labute approximate surface area is 132 Å². The second kappa shape index (κ2) is 6.71. The van der Waals surface area contributed by atoms with Crippen LogP contribution in [0.4, 0.5) is 0 Å². The number of rotatable bonds is 3. The summed E-state index contributed by atoms with van der Waals surface area (Å²) in [5.41, 5.74) is 9.29. The largest absolute Gasteiger partial charge is 0.497 e. The van der Waals surface area contributed by atoms with Gasteiger partial charge in [-0.15, -0.1) is 0 Å². The summed E-state index contributed by atoms with van der Waals surface area (Å²) >= 11 is 0. The molecule has 0 bridgehead atoms. The van der Waals surface area contributed by atoms with Gasteiger partial charge < -0.3 is 29.2 Å². The molecule has 0 spiro atoms. The zero-order valence-electron chi connectivity index (χ0n) is 12.3. The third kappa shape index (κ3) is 3.11. The van der Waals surface area contributed by atoms with Crippen molar-refractivity contribution in [3.63, 3.8) is 0 Å². The van der Waals surface area contributed by atoms with Crippen LogP contribution >= 0.6 is 0 Å². The van der Waals surface area contributed by atoms with Gasteiger partial charge in [0, 0.05) is 10.5 Å². The highest BCUT2D eigenvalue weighted by Gasteiger charge is 2.48. The van der Waals surface area contributed by atoms with Crippen LogP contribution in [0.25, 0.3) is 10.4 Å². The molecule has 2 N–H and O–H groups in total. The molecule has 2 fully saturated rings. The van der Waals surface area contributed by atoms with Crippen LogP contribution < -0.4 is 4.74 Å². The average Bonchev–Trinajstić information content (AvgIpc) is 2.58. The van der Waals surface area contributed by atoms with Gasteiger partial charge >= 0.3 is 0 Å². The maximum absolute atomic E-state index is 10.3. The van der Waals surface area contributed by atoms with Gasteiger partial charge in [0.05, 0.1) is 19.8 Å². The first-order valence-corrected chi connectivity index (χ1v) is 7.11. The van der Waals surface area contributed by atoms with Crippen molar-refractivity contribution in [1.82, 2.24) is 0 Å². The number of fused-ring (bicyclic) bond motifs is 1. The minimum absolute atomic E-state index is 0.137. The number of methoxy groups -OCH3 is 1. The second-order valence-corrected chi connectivity index (χ2v) is 5.29. The van der Waals surface area contributed by atoms with E-state index < -0.39 is 36.9 Å². The van der Waals surface area contributed by atoms with Crippen molar-refractivity contribution in [2.24, 2.45) is 5.11 Å². The van der Waals surface area contributed by atoms with E-state index in [0.29, 0.717) is 5.75 Å². The number of azide groups is 1. The Hall–Kier alpha value is -1.87. The van der Waals surface area contributed by atoms with Crippen molar-refractivity contribution in [3.05, 3.63) is 40.3 Å². The zero-order valence-corrected chi connectivity index (χ0v) is 12.3. The van der Waals surface area contributed by atoms with Gasteiger partial charge in [0.2, 0.25) is 0 Å². The van der Waals surface area contributed by atoms with Crippen LogP contribution in [-0.4, -0.2) is 54.6 Å². The van der Waals surface area contributed by atoms with Gasteiger partial charge in [-0.1, -0.05) is 17.2 Å². The molecule has 9 heteroatoms. The summed E-state index contributed by atoms with van der Waals surface area (Å²) in [6.45, 7) is 0.137. The molecule has 0 radical (unpaired) electrons. The standard InChI is InChI=1S/C14H17N3O6/c1-20-8-4-2-7(3-5-8)14-21-6-9-12(23-14)11(18)10(16-17-15)13(19)22-9/h2-5,9-14,18-19H,6H2,1H3/t9-,10-,11-,12-,13?,14-/m1/s1. The highest BCUT2D eigenvalue weighted by molar-refractivity contribution is 5.28. The van der Waals surface area contributed by atoms with E-state index in [2.05, 4.69) is 10.0 Å². The van der Waals surface area contributed by atoms with Crippen molar-refractivity contribution >= 4 is 0 Å². The first-order chi connectivity index (χ1) is 11.1. The quantitative estimate of drug-likeness (QED) is 0.483. The Morgan fingerprint density at radius 3 is 2.65 bits per heavy atom. The lowest BCUT2D eigenvalue weighted by molar-refractivity contribution is -0.335. The highest BCUT2D eigenvalue weighted by atomic mass is 16.7. The fourth-order valence-electron chi connectivity index (χ4n) is 2.71. The number of hydrogen-bond donors (Lipinski definition) is 2. The Morgan fingerprint density at radius 2 is 2.00 bits per heavy atom. The van der Waals surface area contributed by atoms with Gasteiger partial charge in [-0.05, 0) is 17.7 Å². The lowest BCUT2D eigenvalue weighted by Crippen LogP contribution is -2.61. The van der Waals surface area contributed by atoms with Gasteiger partial charge in [0.15, 0.2) is 12.6 Å². The third-order valence-corrected chi connectivity index (χ3v) is 3.92. The van der Waals surface area contributed by atoms with E-state index >= 15 is 0 Å². The molecule has 1 aromatic carbocycles. The third-order valence-electron chi connectivity index (χ3n) is 3.92. The maximum Gasteiger partial charge on any atom is 0.184 e. The maximum atomic E-state index is 10.3. The molecule has 124 valence electrons. The van der Waals surface area contributed by atoms with E-state index in [0.717, 1.165) is 5.56 Å². The van der Waals surface area contributed by atoms with E-state index in [1.165, 1.54) is 0 Å². The molecule has 0 amide bonds. The Morgan fingerprint density at radius 1 is 1.26 bits per heavy atom. The average molecular weight is 323 g/mol. The summed E-state index contributed by atoms with van der Waals surface area (Å²) in [6.07, 6.45) is -4.69. The lowest BCUT2D eigenvalue weighted by atomic mass is 9.96. The van der Waals surface area contributed by atoms with Crippen molar-refractivity contribution in [2.45, 2.75) is 36.9 Å². The van der Waals surface area contributed by atoms with Crippen molar-refractivity contribution in [1.29, 1.82) is 0 Å². The van der Waals surface area contributed by atoms with Gasteiger partial charge in [0.1, 0.15) is 24.0 Å². The smallest absolute Gasteiger partial charge is 0.184 e. The number of benzene rings is 1. The molecule has 0 aromatic heterocycles. The number of aliphatic hydroxyl groups is 2. The van der Waals surface area contributed by atoms with Crippen molar-refractivity contribution in [2.75, 3.05) is 13.7 Å². The minimum Gasteiger partial charge on any atom is -0.497 e. The van der Waals surface area contributed by atoms with Gasteiger partial charge in [-0.25, -0.2) is 0 Å². The first-order valence-electron chi connectivity index (χ1n) is 7.11. The summed E-state index contributed by atoms with van der Waals surface area (Å²) in [7, 11) is 1.57. The second-order valence-electron chi connectivity index (χ2n) is 5.29. The molecule has 2 aliphatic heterocycles. The molecule has 2 saturated heterocycles. The summed E-state index contributed by atoms with van der Waals surface area (Å²) in [5, 5.41) is 23.5. The number of aliphatic hydroxyl groups excluding tert-OH is 2. The SMILES string of the molecule is COc1ccc([C@@H]2OC[C@H]3OC(O)[C@H](N=[N+]=[N-])[C@@H](O)[C@@H]3O2)cc1. The Bertz CT molecular complexity index is 591. The van der Waals surface area contributed by atoms with E-state index in [4.69, 9.17) is 24.5 Å². The highest BCUT2D eigenvalue weighted by Crippen LogP contribution is 2.34. The summed E-state index contributed by atoms with van der Waals surface area (Å²) in [5.74, 6) is 0.704. The molecule has 2 heterocycles. The molecule has 9 nitrogen and oxygen atoms in total. The van der Waals surface area contributed by atoms with E-state index in [1.807, 2.05) is 0 Å². The van der Waals surface area contributed by atoms with Crippen LogP contribution in [0.2, 0.25) is 0 Å². The molecule has 2 aliphatic rings. The molecular weight excluding hydrogens is 306 g/mol. The lowest BCUT2D eigenvalue weighted by Gasteiger charge is -2.45. The Kier molecular flexibility index (Phi) is 4.67. The van der Waals surface area contributed by atoms with Crippen LogP contribution in [0.3, 0.4) is 0 Å². The van der Waals surface area contributed by atoms with E-state index in [9.17, 15) is 10.2 Å².